The van der Waals surface area contributed by atoms with Crippen LogP contribution >= 0.6 is 15.9 Å². The third kappa shape index (κ3) is 5.34. The van der Waals surface area contributed by atoms with Gasteiger partial charge in [-0.2, -0.15) is 0 Å². The van der Waals surface area contributed by atoms with Crippen LogP contribution in [0.3, 0.4) is 0 Å². The molecule has 5 heteroatoms. The second-order valence-electron chi connectivity index (χ2n) is 5.86. The Kier molecular flexibility index (Phi) is 7.09. The molecule has 1 aromatic carbocycles. The molecule has 0 unspecified atom stereocenters. The molecule has 1 aromatic rings. The van der Waals surface area contributed by atoms with Crippen LogP contribution in [0.25, 0.3) is 0 Å². The van der Waals surface area contributed by atoms with E-state index in [0.717, 1.165) is 30.2 Å². The molecule has 0 radical (unpaired) electrons. The van der Waals surface area contributed by atoms with Crippen molar-refractivity contribution in [3.8, 4) is 0 Å². The van der Waals surface area contributed by atoms with E-state index in [-0.39, 0.29) is 24.3 Å². The van der Waals surface area contributed by atoms with E-state index < -0.39 is 0 Å². The second-order valence-corrected chi connectivity index (χ2v) is 6.77. The lowest BCUT2D eigenvalue weighted by Gasteiger charge is -2.34. The van der Waals surface area contributed by atoms with Gasteiger partial charge in [0.25, 0.3) is 5.91 Å². The summed E-state index contributed by atoms with van der Waals surface area (Å²) < 4.78 is 5.89. The van der Waals surface area contributed by atoms with E-state index in [1.54, 1.807) is 6.92 Å². The molecule has 0 bridgehead atoms. The summed E-state index contributed by atoms with van der Waals surface area (Å²) in [7, 11) is 0. The molecule has 2 rings (SSSR count). The fraction of sp³-hybridized carbons (Fsp3) is 0.556. The smallest absolute Gasteiger partial charge is 0.307 e. The Morgan fingerprint density at radius 3 is 2.65 bits per heavy atom. The molecule has 1 amide bonds. The van der Waals surface area contributed by atoms with Gasteiger partial charge in [0.15, 0.2) is 0 Å². The van der Waals surface area contributed by atoms with Crippen LogP contribution in [-0.2, 0) is 9.53 Å². The molecule has 1 saturated carbocycles. The van der Waals surface area contributed by atoms with Gasteiger partial charge in [-0.05, 0) is 38.0 Å². The first-order valence-electron chi connectivity index (χ1n) is 8.34. The molecule has 0 spiro atoms. The molecule has 4 nitrogen and oxygen atoms in total. The van der Waals surface area contributed by atoms with Crippen molar-refractivity contribution in [1.29, 1.82) is 0 Å². The van der Waals surface area contributed by atoms with Crippen molar-refractivity contribution in [1.82, 2.24) is 4.90 Å². The minimum absolute atomic E-state index is 0.00231. The number of nitrogens with zero attached hydrogens (tertiary/aromatic N) is 1. The minimum Gasteiger partial charge on any atom is -0.466 e. The van der Waals surface area contributed by atoms with Crippen molar-refractivity contribution in [3.63, 3.8) is 0 Å². The van der Waals surface area contributed by atoms with Crippen LogP contribution in [0.1, 0.15) is 55.8 Å². The van der Waals surface area contributed by atoms with E-state index >= 15 is 0 Å². The lowest BCUT2D eigenvalue weighted by molar-refractivity contribution is -0.143. The van der Waals surface area contributed by atoms with Crippen molar-refractivity contribution < 1.29 is 14.3 Å². The Labute approximate surface area is 146 Å². The maximum Gasteiger partial charge on any atom is 0.307 e. The first kappa shape index (κ1) is 18.0. The standard InChI is InChI=1S/C18H24BrNO3/c1-2-23-17(21)11-12-20(16-9-4-3-5-10-16)18(22)14-7-6-8-15(19)13-14/h6-8,13,16H,2-5,9-12H2,1H3. The Hall–Kier alpha value is -1.36. The molecular weight excluding hydrogens is 358 g/mol. The molecule has 1 aliphatic carbocycles. The monoisotopic (exact) mass is 381 g/mol. The Morgan fingerprint density at radius 1 is 1.26 bits per heavy atom. The number of benzene rings is 1. The summed E-state index contributed by atoms with van der Waals surface area (Å²) in [6.45, 7) is 2.60. The predicted molar refractivity (Wildman–Crippen MR) is 93.3 cm³/mol. The van der Waals surface area contributed by atoms with Gasteiger partial charge < -0.3 is 9.64 Å². The van der Waals surface area contributed by atoms with Gasteiger partial charge in [0, 0.05) is 22.6 Å². The van der Waals surface area contributed by atoms with Crippen LogP contribution in [0.2, 0.25) is 0 Å². The summed E-state index contributed by atoms with van der Waals surface area (Å²) in [4.78, 5) is 26.5. The molecule has 1 fully saturated rings. The second kappa shape index (κ2) is 9.06. The Balaban J connectivity index is 2.11. The third-order valence-electron chi connectivity index (χ3n) is 4.21. The van der Waals surface area contributed by atoms with Crippen molar-refractivity contribution >= 4 is 27.8 Å². The molecule has 0 saturated heterocycles. The first-order valence-corrected chi connectivity index (χ1v) is 9.13. The van der Waals surface area contributed by atoms with Crippen LogP contribution in [0.4, 0.5) is 0 Å². The van der Waals surface area contributed by atoms with Gasteiger partial charge in [-0.25, -0.2) is 0 Å². The lowest BCUT2D eigenvalue weighted by Crippen LogP contribution is -2.42. The van der Waals surface area contributed by atoms with Crippen LogP contribution in [0.15, 0.2) is 28.7 Å². The molecule has 0 aromatic heterocycles. The summed E-state index contributed by atoms with van der Waals surface area (Å²) in [6, 6.07) is 7.65. The van der Waals surface area contributed by atoms with E-state index in [1.807, 2.05) is 29.2 Å². The number of hydrogen-bond donors (Lipinski definition) is 0. The maximum atomic E-state index is 12.9. The number of rotatable bonds is 6. The molecule has 1 aliphatic rings. The number of ether oxygens (including phenoxy) is 1. The van der Waals surface area contributed by atoms with Gasteiger partial charge >= 0.3 is 5.97 Å². The van der Waals surface area contributed by atoms with Crippen LogP contribution in [0, 0.1) is 0 Å². The Morgan fingerprint density at radius 2 is 2.00 bits per heavy atom. The zero-order valence-corrected chi connectivity index (χ0v) is 15.2. The number of amides is 1. The number of esters is 1. The average Bonchev–Trinajstić information content (AvgIpc) is 2.56. The fourth-order valence-corrected chi connectivity index (χ4v) is 3.47. The minimum atomic E-state index is -0.240. The van der Waals surface area contributed by atoms with Crippen LogP contribution < -0.4 is 0 Å². The molecule has 0 heterocycles. The highest BCUT2D eigenvalue weighted by Gasteiger charge is 2.26. The molecule has 0 aliphatic heterocycles. The van der Waals surface area contributed by atoms with Gasteiger partial charge in [-0.1, -0.05) is 41.3 Å². The Bertz CT molecular complexity index is 541. The molecular formula is C18H24BrNO3. The summed E-state index contributed by atoms with van der Waals surface area (Å²) >= 11 is 3.41. The number of carbonyl (C=O) groups excluding carboxylic acids is 2. The van der Waals surface area contributed by atoms with Crippen LogP contribution in [-0.4, -0.2) is 36.0 Å². The predicted octanol–water partition coefficient (Wildman–Crippen LogP) is 4.18. The summed E-state index contributed by atoms with van der Waals surface area (Å²) in [5.41, 5.74) is 0.661. The summed E-state index contributed by atoms with van der Waals surface area (Å²) in [5.74, 6) is -0.238. The molecule has 0 N–H and O–H groups in total. The SMILES string of the molecule is CCOC(=O)CCN(C(=O)c1cccc(Br)c1)C1CCCCC1. The topological polar surface area (TPSA) is 46.6 Å². The highest BCUT2D eigenvalue weighted by Crippen LogP contribution is 2.25. The quantitative estimate of drug-likeness (QED) is 0.694. The highest BCUT2D eigenvalue weighted by molar-refractivity contribution is 9.10. The van der Waals surface area contributed by atoms with Gasteiger partial charge in [0.1, 0.15) is 0 Å². The van der Waals surface area contributed by atoms with Crippen LogP contribution in [0.5, 0.6) is 0 Å². The number of hydrogen-bond acceptors (Lipinski definition) is 3. The number of carbonyl (C=O) groups is 2. The van der Waals surface area contributed by atoms with Crippen molar-refractivity contribution in [3.05, 3.63) is 34.3 Å². The van der Waals surface area contributed by atoms with Gasteiger partial charge in [0.2, 0.25) is 0 Å². The van der Waals surface area contributed by atoms with Gasteiger partial charge in [-0.15, -0.1) is 0 Å². The lowest BCUT2D eigenvalue weighted by atomic mass is 9.93. The van der Waals surface area contributed by atoms with Crippen molar-refractivity contribution in [2.45, 2.75) is 51.5 Å². The summed E-state index contributed by atoms with van der Waals surface area (Å²) in [6.07, 6.45) is 5.81. The zero-order chi connectivity index (χ0) is 16.7. The van der Waals surface area contributed by atoms with E-state index in [9.17, 15) is 9.59 Å². The fourth-order valence-electron chi connectivity index (χ4n) is 3.07. The van der Waals surface area contributed by atoms with Gasteiger partial charge in [0.05, 0.1) is 13.0 Å². The van der Waals surface area contributed by atoms with Crippen molar-refractivity contribution in [2.75, 3.05) is 13.2 Å². The average molecular weight is 382 g/mol. The first-order chi connectivity index (χ1) is 11.1. The zero-order valence-electron chi connectivity index (χ0n) is 13.6. The van der Waals surface area contributed by atoms with E-state index in [4.69, 9.17) is 4.74 Å². The van der Waals surface area contributed by atoms with E-state index in [1.165, 1.54) is 6.42 Å². The van der Waals surface area contributed by atoms with E-state index in [2.05, 4.69) is 15.9 Å². The third-order valence-corrected chi connectivity index (χ3v) is 4.70. The molecule has 23 heavy (non-hydrogen) atoms. The van der Waals surface area contributed by atoms with Crippen molar-refractivity contribution in [2.24, 2.45) is 0 Å². The molecule has 126 valence electrons. The normalized spacial score (nSPS) is 15.2. The largest absolute Gasteiger partial charge is 0.466 e. The van der Waals surface area contributed by atoms with Gasteiger partial charge in [-0.3, -0.25) is 9.59 Å². The maximum absolute atomic E-state index is 12.9. The van der Waals surface area contributed by atoms with E-state index in [0.29, 0.717) is 18.7 Å². The number of halogens is 1. The summed E-state index contributed by atoms with van der Waals surface area (Å²) in [5, 5.41) is 0. The molecule has 0 atom stereocenters. The highest BCUT2D eigenvalue weighted by atomic mass is 79.9.